The first kappa shape index (κ1) is 23.8. The van der Waals surface area contributed by atoms with Gasteiger partial charge in [-0.05, 0) is 36.6 Å². The van der Waals surface area contributed by atoms with Gasteiger partial charge in [0.05, 0.1) is 19.8 Å². The standard InChI is InChI=1S/C26H36N4O2/c1-4-27-26(28-16-21-10-12-24(13-11-21)29-25(31)20(2)3)30-15-14-23(17-30)19-32-18-22-8-6-5-7-9-22/h5-13,20,23H,4,14-19H2,1-3H3,(H,27,28)(H,29,31). The first-order valence-corrected chi connectivity index (χ1v) is 11.6. The van der Waals surface area contributed by atoms with Crippen LogP contribution in [0.2, 0.25) is 0 Å². The van der Waals surface area contributed by atoms with Gasteiger partial charge in [-0.25, -0.2) is 4.99 Å². The predicted octanol–water partition coefficient (Wildman–Crippen LogP) is 4.29. The summed E-state index contributed by atoms with van der Waals surface area (Å²) in [7, 11) is 0. The maximum atomic E-state index is 11.8. The fourth-order valence-electron chi connectivity index (χ4n) is 3.65. The van der Waals surface area contributed by atoms with Crippen molar-refractivity contribution in [3.63, 3.8) is 0 Å². The van der Waals surface area contributed by atoms with Crippen molar-refractivity contribution in [2.45, 2.75) is 40.3 Å². The fourth-order valence-corrected chi connectivity index (χ4v) is 3.65. The second-order valence-electron chi connectivity index (χ2n) is 8.61. The van der Waals surface area contributed by atoms with Crippen molar-refractivity contribution in [2.75, 3.05) is 31.6 Å². The molecule has 1 heterocycles. The molecular weight excluding hydrogens is 400 g/mol. The van der Waals surface area contributed by atoms with Gasteiger partial charge in [0, 0.05) is 37.2 Å². The van der Waals surface area contributed by atoms with Crippen LogP contribution < -0.4 is 10.6 Å². The molecule has 0 aliphatic carbocycles. The van der Waals surface area contributed by atoms with E-state index >= 15 is 0 Å². The Bertz CT molecular complexity index is 865. The van der Waals surface area contributed by atoms with E-state index in [9.17, 15) is 4.79 Å². The van der Waals surface area contributed by atoms with Crippen LogP contribution in [0.4, 0.5) is 5.69 Å². The normalized spacial score (nSPS) is 16.4. The number of anilines is 1. The zero-order valence-corrected chi connectivity index (χ0v) is 19.5. The van der Waals surface area contributed by atoms with Crippen molar-refractivity contribution in [1.82, 2.24) is 10.2 Å². The number of amides is 1. The topological polar surface area (TPSA) is 66.0 Å². The van der Waals surface area contributed by atoms with Gasteiger partial charge in [-0.15, -0.1) is 0 Å². The Kier molecular flexibility index (Phi) is 9.11. The van der Waals surface area contributed by atoms with Crippen molar-refractivity contribution in [3.05, 3.63) is 65.7 Å². The molecule has 1 aliphatic rings. The number of rotatable bonds is 9. The largest absolute Gasteiger partial charge is 0.376 e. The highest BCUT2D eigenvalue weighted by atomic mass is 16.5. The number of hydrogen-bond donors (Lipinski definition) is 2. The summed E-state index contributed by atoms with van der Waals surface area (Å²) >= 11 is 0. The van der Waals surface area contributed by atoms with Crippen LogP contribution in [0.3, 0.4) is 0 Å². The molecule has 6 heteroatoms. The lowest BCUT2D eigenvalue weighted by Gasteiger charge is -2.21. The minimum atomic E-state index is -0.0324. The minimum absolute atomic E-state index is 0.0292. The van der Waals surface area contributed by atoms with Crippen LogP contribution in [0.15, 0.2) is 59.6 Å². The third-order valence-electron chi connectivity index (χ3n) is 5.54. The highest BCUT2D eigenvalue weighted by Crippen LogP contribution is 2.18. The molecule has 2 N–H and O–H groups in total. The third-order valence-corrected chi connectivity index (χ3v) is 5.54. The smallest absolute Gasteiger partial charge is 0.226 e. The molecule has 1 saturated heterocycles. The molecule has 2 aromatic carbocycles. The highest BCUT2D eigenvalue weighted by Gasteiger charge is 2.25. The van der Waals surface area contributed by atoms with Crippen LogP contribution in [-0.2, 0) is 22.7 Å². The highest BCUT2D eigenvalue weighted by molar-refractivity contribution is 5.92. The van der Waals surface area contributed by atoms with Crippen molar-refractivity contribution in [1.29, 1.82) is 0 Å². The number of carbonyl (C=O) groups excluding carboxylic acids is 1. The van der Waals surface area contributed by atoms with Crippen LogP contribution in [-0.4, -0.2) is 43.0 Å². The average Bonchev–Trinajstić information content (AvgIpc) is 3.27. The number of benzene rings is 2. The zero-order chi connectivity index (χ0) is 22.8. The number of aliphatic imine (C=N–C) groups is 1. The van der Waals surface area contributed by atoms with Gasteiger partial charge < -0.3 is 20.3 Å². The molecule has 0 aromatic heterocycles. The first-order chi connectivity index (χ1) is 15.5. The Morgan fingerprint density at radius 3 is 2.56 bits per heavy atom. The van der Waals surface area contributed by atoms with Gasteiger partial charge >= 0.3 is 0 Å². The summed E-state index contributed by atoms with van der Waals surface area (Å²) in [5.74, 6) is 1.47. The molecule has 6 nitrogen and oxygen atoms in total. The van der Waals surface area contributed by atoms with Crippen molar-refractivity contribution < 1.29 is 9.53 Å². The second-order valence-corrected chi connectivity index (χ2v) is 8.61. The number of carbonyl (C=O) groups is 1. The molecule has 32 heavy (non-hydrogen) atoms. The third kappa shape index (κ3) is 7.38. The van der Waals surface area contributed by atoms with Crippen LogP contribution >= 0.6 is 0 Å². The van der Waals surface area contributed by atoms with E-state index < -0.39 is 0 Å². The molecule has 1 unspecified atom stereocenters. The monoisotopic (exact) mass is 436 g/mol. The molecule has 0 radical (unpaired) electrons. The lowest BCUT2D eigenvalue weighted by atomic mass is 10.1. The molecule has 1 amide bonds. The maximum absolute atomic E-state index is 11.8. The molecule has 0 spiro atoms. The van der Waals surface area contributed by atoms with Crippen LogP contribution in [0.5, 0.6) is 0 Å². The summed E-state index contributed by atoms with van der Waals surface area (Å²) in [6.45, 7) is 10.7. The predicted molar refractivity (Wildman–Crippen MR) is 131 cm³/mol. The van der Waals surface area contributed by atoms with Crippen LogP contribution in [0.1, 0.15) is 38.3 Å². The molecule has 0 bridgehead atoms. The van der Waals surface area contributed by atoms with Gasteiger partial charge in [0.2, 0.25) is 5.91 Å². The van der Waals surface area contributed by atoms with Gasteiger partial charge in [0.15, 0.2) is 5.96 Å². The molecule has 1 fully saturated rings. The zero-order valence-electron chi connectivity index (χ0n) is 19.5. The summed E-state index contributed by atoms with van der Waals surface area (Å²) < 4.78 is 5.96. The van der Waals surface area contributed by atoms with Crippen molar-refractivity contribution in [3.8, 4) is 0 Å². The Hall–Kier alpha value is -2.86. The average molecular weight is 437 g/mol. The van der Waals surface area contributed by atoms with E-state index in [1.54, 1.807) is 0 Å². The lowest BCUT2D eigenvalue weighted by Crippen LogP contribution is -2.40. The first-order valence-electron chi connectivity index (χ1n) is 11.6. The minimum Gasteiger partial charge on any atom is -0.376 e. The number of hydrogen-bond acceptors (Lipinski definition) is 3. The molecule has 1 aliphatic heterocycles. The Labute approximate surface area is 192 Å². The second kappa shape index (κ2) is 12.2. The summed E-state index contributed by atoms with van der Waals surface area (Å²) in [5, 5.41) is 6.35. The summed E-state index contributed by atoms with van der Waals surface area (Å²) in [6, 6.07) is 18.2. The van der Waals surface area contributed by atoms with Crippen LogP contribution in [0, 0.1) is 11.8 Å². The van der Waals surface area contributed by atoms with Gasteiger partial charge in [-0.3, -0.25) is 4.79 Å². The molecular formula is C26H36N4O2. The molecule has 172 valence electrons. The van der Waals surface area contributed by atoms with E-state index in [-0.39, 0.29) is 11.8 Å². The van der Waals surface area contributed by atoms with Gasteiger partial charge in [0.25, 0.3) is 0 Å². The number of nitrogens with zero attached hydrogens (tertiary/aromatic N) is 2. The number of likely N-dealkylation sites (tertiary alicyclic amines) is 1. The Balaban J connectivity index is 1.49. The Morgan fingerprint density at radius 1 is 1.12 bits per heavy atom. The van der Waals surface area contributed by atoms with E-state index in [0.717, 1.165) is 49.9 Å². The van der Waals surface area contributed by atoms with Crippen LogP contribution in [0.25, 0.3) is 0 Å². The van der Waals surface area contributed by atoms with E-state index in [4.69, 9.17) is 9.73 Å². The van der Waals surface area contributed by atoms with E-state index in [2.05, 4.69) is 34.6 Å². The summed E-state index contributed by atoms with van der Waals surface area (Å²) in [6.07, 6.45) is 1.11. The maximum Gasteiger partial charge on any atom is 0.226 e. The quantitative estimate of drug-likeness (QED) is 0.455. The number of ether oxygens (including phenoxy) is 1. The van der Waals surface area contributed by atoms with Crippen molar-refractivity contribution in [2.24, 2.45) is 16.8 Å². The number of nitrogens with one attached hydrogen (secondary N) is 2. The van der Waals surface area contributed by atoms with E-state index in [1.165, 1.54) is 5.56 Å². The summed E-state index contributed by atoms with van der Waals surface area (Å²) in [5.41, 5.74) is 3.15. The summed E-state index contributed by atoms with van der Waals surface area (Å²) in [4.78, 5) is 19.0. The fraction of sp³-hybridized carbons (Fsp3) is 0.462. The van der Waals surface area contributed by atoms with E-state index in [1.807, 2.05) is 56.3 Å². The van der Waals surface area contributed by atoms with Crippen molar-refractivity contribution >= 4 is 17.6 Å². The van der Waals surface area contributed by atoms with Gasteiger partial charge in [-0.2, -0.15) is 0 Å². The SMILES string of the molecule is CCNC(=NCc1ccc(NC(=O)C(C)C)cc1)N1CCC(COCc2ccccc2)C1. The van der Waals surface area contributed by atoms with E-state index in [0.29, 0.717) is 19.1 Å². The molecule has 3 rings (SSSR count). The van der Waals surface area contributed by atoms with Gasteiger partial charge in [0.1, 0.15) is 0 Å². The molecule has 1 atom stereocenters. The molecule has 2 aromatic rings. The van der Waals surface area contributed by atoms with Gasteiger partial charge in [-0.1, -0.05) is 56.3 Å². The Morgan fingerprint density at radius 2 is 1.88 bits per heavy atom. The molecule has 0 saturated carbocycles. The lowest BCUT2D eigenvalue weighted by molar-refractivity contribution is -0.118. The number of guanidine groups is 1.